The van der Waals surface area contributed by atoms with Gasteiger partial charge < -0.3 is 14.4 Å². The van der Waals surface area contributed by atoms with Crippen LogP contribution < -0.4 is 9.64 Å². The summed E-state index contributed by atoms with van der Waals surface area (Å²) in [4.78, 5) is 15.3. The topological polar surface area (TPSA) is 89.1 Å². The molecule has 3 heterocycles. The van der Waals surface area contributed by atoms with Gasteiger partial charge in [0.25, 0.3) is 0 Å². The van der Waals surface area contributed by atoms with Crippen molar-refractivity contribution in [1.82, 2.24) is 19.5 Å². The van der Waals surface area contributed by atoms with Crippen molar-refractivity contribution < 1.29 is 9.47 Å². The summed E-state index contributed by atoms with van der Waals surface area (Å²) in [5.41, 5.74) is 2.17. The molecule has 0 bridgehead atoms. The Kier molecular flexibility index (Phi) is 3.91. The second-order valence-electron chi connectivity index (χ2n) is 5.57. The Balaban J connectivity index is 1.85. The molecule has 25 heavy (non-hydrogen) atoms. The molecule has 8 heteroatoms. The molecule has 0 unspecified atom stereocenters. The van der Waals surface area contributed by atoms with Gasteiger partial charge in [0.05, 0.1) is 20.3 Å². The third kappa shape index (κ3) is 2.75. The van der Waals surface area contributed by atoms with Crippen molar-refractivity contribution >= 4 is 17.0 Å². The van der Waals surface area contributed by atoms with E-state index in [0.717, 1.165) is 11.4 Å². The molecule has 4 rings (SSSR count). The highest BCUT2D eigenvalue weighted by Gasteiger charge is 2.20. The van der Waals surface area contributed by atoms with E-state index in [9.17, 15) is 5.26 Å². The highest BCUT2D eigenvalue weighted by molar-refractivity contribution is 5.85. The Morgan fingerprint density at radius 2 is 1.92 bits per heavy atom. The number of ether oxygens (including phenoxy) is 2. The number of aromatic nitrogens is 4. The van der Waals surface area contributed by atoms with E-state index >= 15 is 0 Å². The number of morpholine rings is 1. The monoisotopic (exact) mass is 336 g/mol. The van der Waals surface area contributed by atoms with E-state index in [0.29, 0.717) is 43.3 Å². The predicted octanol–water partition coefficient (Wildman–Crippen LogP) is 1.53. The second kappa shape index (κ2) is 6.37. The molecule has 0 amide bonds. The Morgan fingerprint density at radius 1 is 1.16 bits per heavy atom. The highest BCUT2D eigenvalue weighted by Crippen LogP contribution is 2.26. The van der Waals surface area contributed by atoms with Crippen LogP contribution in [-0.2, 0) is 4.74 Å². The molecule has 1 aliphatic heterocycles. The third-order valence-electron chi connectivity index (χ3n) is 4.14. The first kappa shape index (κ1) is 15.4. The van der Waals surface area contributed by atoms with Crippen LogP contribution >= 0.6 is 0 Å². The zero-order valence-corrected chi connectivity index (χ0v) is 13.7. The molecule has 0 N–H and O–H groups in total. The summed E-state index contributed by atoms with van der Waals surface area (Å²) in [6.45, 7) is 2.69. The summed E-state index contributed by atoms with van der Waals surface area (Å²) in [6, 6.07) is 9.63. The normalized spacial score (nSPS) is 14.5. The zero-order valence-electron chi connectivity index (χ0n) is 13.7. The van der Waals surface area contributed by atoms with E-state index < -0.39 is 0 Å². The number of methoxy groups -OCH3 is 1. The maximum absolute atomic E-state index is 9.32. The van der Waals surface area contributed by atoms with E-state index in [1.54, 1.807) is 13.4 Å². The largest absolute Gasteiger partial charge is 0.497 e. The number of imidazole rings is 1. The number of rotatable bonds is 3. The van der Waals surface area contributed by atoms with Gasteiger partial charge in [0.15, 0.2) is 17.0 Å². The van der Waals surface area contributed by atoms with Gasteiger partial charge in [-0.25, -0.2) is 4.98 Å². The Hall–Kier alpha value is -3.18. The lowest BCUT2D eigenvalue weighted by molar-refractivity contribution is 0.122. The summed E-state index contributed by atoms with van der Waals surface area (Å²) in [5.74, 6) is 1.58. The number of hydrogen-bond acceptors (Lipinski definition) is 7. The van der Waals surface area contributed by atoms with Gasteiger partial charge in [-0.1, -0.05) is 0 Å². The van der Waals surface area contributed by atoms with Gasteiger partial charge in [0.2, 0.25) is 5.82 Å². The van der Waals surface area contributed by atoms with E-state index in [1.807, 2.05) is 34.9 Å². The van der Waals surface area contributed by atoms with Gasteiger partial charge in [-0.2, -0.15) is 15.2 Å². The molecule has 3 aromatic rings. The van der Waals surface area contributed by atoms with E-state index in [4.69, 9.17) is 9.47 Å². The van der Waals surface area contributed by atoms with Gasteiger partial charge in [-0.3, -0.25) is 4.57 Å². The average molecular weight is 336 g/mol. The molecule has 8 nitrogen and oxygen atoms in total. The molecule has 1 fully saturated rings. The van der Waals surface area contributed by atoms with Gasteiger partial charge >= 0.3 is 0 Å². The quantitative estimate of drug-likeness (QED) is 0.716. The van der Waals surface area contributed by atoms with E-state index in [-0.39, 0.29) is 5.82 Å². The number of nitrogens with zero attached hydrogens (tertiary/aromatic N) is 6. The maximum atomic E-state index is 9.32. The summed E-state index contributed by atoms with van der Waals surface area (Å²) >= 11 is 0. The zero-order chi connectivity index (χ0) is 17.2. The fourth-order valence-corrected chi connectivity index (χ4v) is 2.86. The lowest BCUT2D eigenvalue weighted by atomic mass is 10.3. The molecular formula is C17H16N6O2. The highest BCUT2D eigenvalue weighted by atomic mass is 16.5. The van der Waals surface area contributed by atoms with E-state index in [2.05, 4.69) is 19.9 Å². The number of benzene rings is 1. The fraction of sp³-hybridized carbons (Fsp3) is 0.294. The van der Waals surface area contributed by atoms with Gasteiger partial charge in [-0.15, -0.1) is 0 Å². The molecule has 2 aromatic heterocycles. The first-order valence-electron chi connectivity index (χ1n) is 7.92. The van der Waals surface area contributed by atoms with Gasteiger partial charge in [0, 0.05) is 18.8 Å². The van der Waals surface area contributed by atoms with Crippen LogP contribution in [0.3, 0.4) is 0 Å². The molecule has 1 aliphatic rings. The first-order valence-corrected chi connectivity index (χ1v) is 7.92. The van der Waals surface area contributed by atoms with Crippen molar-refractivity contribution in [2.75, 3.05) is 38.3 Å². The van der Waals surface area contributed by atoms with Crippen molar-refractivity contribution in [3.05, 3.63) is 36.4 Å². The van der Waals surface area contributed by atoms with Crippen LogP contribution in [0.25, 0.3) is 16.9 Å². The fourth-order valence-electron chi connectivity index (χ4n) is 2.86. The Labute approximate surface area is 144 Å². The number of anilines is 1. The average Bonchev–Trinajstić information content (AvgIpc) is 3.12. The van der Waals surface area contributed by atoms with Crippen molar-refractivity contribution in [3.8, 4) is 17.5 Å². The SMILES string of the molecule is COc1ccc(-n2cnc3c(N4CCOCC4)nc(C#N)nc32)cc1. The van der Waals surface area contributed by atoms with Crippen LogP contribution in [0.5, 0.6) is 5.75 Å². The minimum absolute atomic E-state index is 0.129. The second-order valence-corrected chi connectivity index (χ2v) is 5.57. The number of fused-ring (bicyclic) bond motifs is 1. The van der Waals surface area contributed by atoms with E-state index in [1.165, 1.54) is 0 Å². The Bertz CT molecular complexity index is 938. The van der Waals surface area contributed by atoms with Crippen LogP contribution in [0.1, 0.15) is 5.82 Å². The first-order chi connectivity index (χ1) is 12.3. The van der Waals surface area contributed by atoms with Crippen molar-refractivity contribution in [3.63, 3.8) is 0 Å². The summed E-state index contributed by atoms with van der Waals surface area (Å²) in [7, 11) is 1.63. The molecule has 0 saturated carbocycles. The van der Waals surface area contributed by atoms with Gasteiger partial charge in [0.1, 0.15) is 18.1 Å². The minimum atomic E-state index is 0.129. The van der Waals surface area contributed by atoms with Gasteiger partial charge in [-0.05, 0) is 24.3 Å². The molecule has 0 aliphatic carbocycles. The van der Waals surface area contributed by atoms with Crippen LogP contribution in [0, 0.1) is 11.3 Å². The number of hydrogen-bond donors (Lipinski definition) is 0. The Morgan fingerprint density at radius 3 is 2.60 bits per heavy atom. The van der Waals surface area contributed by atoms with Crippen LogP contribution in [0.2, 0.25) is 0 Å². The molecular weight excluding hydrogens is 320 g/mol. The van der Waals surface area contributed by atoms with Crippen molar-refractivity contribution in [2.24, 2.45) is 0 Å². The summed E-state index contributed by atoms with van der Waals surface area (Å²) in [6.07, 6.45) is 1.70. The molecule has 0 spiro atoms. The molecule has 126 valence electrons. The molecule has 1 saturated heterocycles. The van der Waals surface area contributed by atoms with Crippen LogP contribution in [-0.4, -0.2) is 52.9 Å². The van der Waals surface area contributed by atoms with Crippen molar-refractivity contribution in [2.45, 2.75) is 0 Å². The third-order valence-corrected chi connectivity index (χ3v) is 4.14. The van der Waals surface area contributed by atoms with Crippen LogP contribution in [0.15, 0.2) is 30.6 Å². The van der Waals surface area contributed by atoms with Crippen molar-refractivity contribution in [1.29, 1.82) is 5.26 Å². The maximum Gasteiger partial charge on any atom is 0.236 e. The predicted molar refractivity (Wildman–Crippen MR) is 91.0 cm³/mol. The molecule has 0 atom stereocenters. The lowest BCUT2D eigenvalue weighted by Crippen LogP contribution is -2.37. The summed E-state index contributed by atoms with van der Waals surface area (Å²) < 4.78 is 12.4. The minimum Gasteiger partial charge on any atom is -0.497 e. The summed E-state index contributed by atoms with van der Waals surface area (Å²) in [5, 5.41) is 9.32. The molecule has 0 radical (unpaired) electrons. The smallest absolute Gasteiger partial charge is 0.236 e. The van der Waals surface area contributed by atoms with Crippen LogP contribution in [0.4, 0.5) is 5.82 Å². The molecule has 1 aromatic carbocycles. The number of nitriles is 1. The lowest BCUT2D eigenvalue weighted by Gasteiger charge is -2.27. The standard InChI is InChI=1S/C17H16N6O2/c1-24-13-4-2-12(3-5-13)23-11-19-15-16(22-6-8-25-9-7-22)20-14(10-18)21-17(15)23/h2-5,11H,6-9H2,1H3.